The topological polar surface area (TPSA) is 32.6 Å². The fourth-order valence-corrected chi connectivity index (χ4v) is 6.79. The number of oxime groups is 1. The Morgan fingerprint density at radius 1 is 1.10 bits per heavy atom. The lowest BCUT2D eigenvalue weighted by molar-refractivity contribution is -0.0763. The molecule has 0 spiro atoms. The van der Waals surface area contributed by atoms with Crippen molar-refractivity contribution in [3.05, 3.63) is 12.2 Å². The smallest absolute Gasteiger partial charge is 0.0632 e. The van der Waals surface area contributed by atoms with Crippen LogP contribution in [0.2, 0.25) is 0 Å². The summed E-state index contributed by atoms with van der Waals surface area (Å²) >= 11 is 0. The summed E-state index contributed by atoms with van der Waals surface area (Å²) in [6.45, 7) is 4.96. The standard InChI is InChI=1S/C19H29NO/c1-18-11-4-3-5-13(18)6-7-14-15-8-9-17(20-21)19(15,2)12-10-16(14)18/h3-4,13-16,21H,5-12H2,1-2H3/t13-,14-,15+,16-,18+,19+/m1/s1. The van der Waals surface area contributed by atoms with Gasteiger partial charge in [-0.1, -0.05) is 31.2 Å². The summed E-state index contributed by atoms with van der Waals surface area (Å²) in [5.41, 5.74) is 1.84. The largest absolute Gasteiger partial charge is 0.411 e. The van der Waals surface area contributed by atoms with Crippen molar-refractivity contribution in [2.24, 2.45) is 39.7 Å². The van der Waals surface area contributed by atoms with Gasteiger partial charge < -0.3 is 5.21 Å². The second-order valence-corrected chi connectivity index (χ2v) is 8.61. The lowest BCUT2D eigenvalue weighted by Crippen LogP contribution is -2.52. The normalized spacial score (nSPS) is 54.1. The van der Waals surface area contributed by atoms with Crippen LogP contribution in [-0.2, 0) is 0 Å². The Labute approximate surface area is 128 Å². The number of hydrogen-bond donors (Lipinski definition) is 1. The number of fused-ring (bicyclic) bond motifs is 5. The van der Waals surface area contributed by atoms with Gasteiger partial charge >= 0.3 is 0 Å². The lowest BCUT2D eigenvalue weighted by atomic mass is 9.46. The summed E-state index contributed by atoms with van der Waals surface area (Å²) < 4.78 is 0. The summed E-state index contributed by atoms with van der Waals surface area (Å²) in [6, 6.07) is 0. The van der Waals surface area contributed by atoms with Crippen molar-refractivity contribution in [3.8, 4) is 0 Å². The van der Waals surface area contributed by atoms with Crippen LogP contribution in [0, 0.1) is 34.5 Å². The first-order valence-corrected chi connectivity index (χ1v) is 8.96. The van der Waals surface area contributed by atoms with Gasteiger partial charge in [0.15, 0.2) is 0 Å². The van der Waals surface area contributed by atoms with Crippen LogP contribution in [0.3, 0.4) is 0 Å². The molecule has 0 aromatic heterocycles. The average molecular weight is 287 g/mol. The van der Waals surface area contributed by atoms with Gasteiger partial charge in [-0.05, 0) is 80.5 Å². The molecule has 6 atom stereocenters. The maximum absolute atomic E-state index is 9.38. The molecule has 21 heavy (non-hydrogen) atoms. The van der Waals surface area contributed by atoms with Crippen LogP contribution in [0.15, 0.2) is 17.3 Å². The van der Waals surface area contributed by atoms with Gasteiger partial charge in [-0.2, -0.15) is 0 Å². The molecule has 0 unspecified atom stereocenters. The molecule has 0 bridgehead atoms. The average Bonchev–Trinajstić information content (AvgIpc) is 2.83. The van der Waals surface area contributed by atoms with E-state index in [1.807, 2.05) is 0 Å². The molecule has 0 heterocycles. The third kappa shape index (κ3) is 1.74. The Morgan fingerprint density at radius 2 is 1.95 bits per heavy atom. The zero-order valence-corrected chi connectivity index (χ0v) is 13.5. The highest BCUT2D eigenvalue weighted by molar-refractivity contribution is 5.91. The first-order valence-electron chi connectivity index (χ1n) is 8.96. The van der Waals surface area contributed by atoms with E-state index in [4.69, 9.17) is 0 Å². The van der Waals surface area contributed by atoms with Gasteiger partial charge in [0.1, 0.15) is 0 Å². The lowest BCUT2D eigenvalue weighted by Gasteiger charge is -2.59. The SMILES string of the molecule is C[C@]12CC=CC[C@@H]1CC[C@H]1[C@H]2CC[C@]2(C)C(=NO)CC[C@@H]12. The van der Waals surface area contributed by atoms with Crippen molar-refractivity contribution in [1.29, 1.82) is 0 Å². The van der Waals surface area contributed by atoms with E-state index < -0.39 is 0 Å². The predicted octanol–water partition coefficient (Wildman–Crippen LogP) is 5.03. The van der Waals surface area contributed by atoms with Gasteiger partial charge in [0, 0.05) is 5.41 Å². The van der Waals surface area contributed by atoms with Crippen LogP contribution in [0.1, 0.15) is 65.2 Å². The molecule has 0 amide bonds. The van der Waals surface area contributed by atoms with E-state index in [-0.39, 0.29) is 5.41 Å². The van der Waals surface area contributed by atoms with E-state index in [1.165, 1.54) is 44.9 Å². The third-order valence-corrected chi connectivity index (χ3v) is 8.07. The van der Waals surface area contributed by atoms with E-state index in [9.17, 15) is 5.21 Å². The minimum Gasteiger partial charge on any atom is -0.411 e. The Balaban J connectivity index is 1.67. The molecule has 3 fully saturated rings. The van der Waals surface area contributed by atoms with Gasteiger partial charge in [0.25, 0.3) is 0 Å². The maximum Gasteiger partial charge on any atom is 0.0632 e. The molecule has 0 aromatic carbocycles. The highest BCUT2D eigenvalue weighted by Gasteiger charge is 2.58. The van der Waals surface area contributed by atoms with E-state index in [0.717, 1.165) is 35.8 Å². The summed E-state index contributed by atoms with van der Waals surface area (Å²) in [7, 11) is 0. The van der Waals surface area contributed by atoms with Crippen molar-refractivity contribution in [2.75, 3.05) is 0 Å². The fourth-order valence-electron chi connectivity index (χ4n) is 6.79. The molecule has 2 heteroatoms. The van der Waals surface area contributed by atoms with Crippen LogP contribution in [-0.4, -0.2) is 10.9 Å². The summed E-state index contributed by atoms with van der Waals surface area (Å²) in [4.78, 5) is 0. The highest BCUT2D eigenvalue weighted by Crippen LogP contribution is 2.64. The molecular weight excluding hydrogens is 258 g/mol. The van der Waals surface area contributed by atoms with Crippen LogP contribution in [0.5, 0.6) is 0 Å². The highest BCUT2D eigenvalue weighted by atomic mass is 16.4. The van der Waals surface area contributed by atoms with Gasteiger partial charge in [-0.15, -0.1) is 0 Å². The van der Waals surface area contributed by atoms with Crippen molar-refractivity contribution in [3.63, 3.8) is 0 Å². The van der Waals surface area contributed by atoms with Crippen LogP contribution in [0.25, 0.3) is 0 Å². The molecular formula is C19H29NO. The molecule has 0 aliphatic heterocycles. The molecule has 4 rings (SSSR count). The number of allylic oxidation sites excluding steroid dienone is 2. The molecule has 2 nitrogen and oxygen atoms in total. The first kappa shape index (κ1) is 13.8. The summed E-state index contributed by atoms with van der Waals surface area (Å²) in [5, 5.41) is 13.1. The molecule has 0 aromatic rings. The van der Waals surface area contributed by atoms with Gasteiger partial charge in [-0.25, -0.2) is 0 Å². The van der Waals surface area contributed by atoms with E-state index in [0.29, 0.717) is 5.41 Å². The van der Waals surface area contributed by atoms with E-state index >= 15 is 0 Å². The minimum atomic E-state index is 0.198. The maximum atomic E-state index is 9.38. The molecule has 1 N–H and O–H groups in total. The second kappa shape index (κ2) is 4.60. The minimum absolute atomic E-state index is 0.198. The quantitative estimate of drug-likeness (QED) is 0.378. The summed E-state index contributed by atoms with van der Waals surface area (Å²) in [5.74, 6) is 3.46. The van der Waals surface area contributed by atoms with Crippen molar-refractivity contribution in [2.45, 2.75) is 65.2 Å². The Morgan fingerprint density at radius 3 is 2.76 bits per heavy atom. The van der Waals surface area contributed by atoms with Crippen LogP contribution >= 0.6 is 0 Å². The number of hydrogen-bond acceptors (Lipinski definition) is 2. The Bertz CT molecular complexity index is 496. The van der Waals surface area contributed by atoms with Gasteiger partial charge in [-0.3, -0.25) is 0 Å². The zero-order valence-electron chi connectivity index (χ0n) is 13.5. The molecule has 0 saturated heterocycles. The van der Waals surface area contributed by atoms with E-state index in [2.05, 4.69) is 31.2 Å². The molecule has 4 aliphatic rings. The van der Waals surface area contributed by atoms with Crippen LogP contribution < -0.4 is 0 Å². The first-order chi connectivity index (χ1) is 10.1. The monoisotopic (exact) mass is 287 g/mol. The van der Waals surface area contributed by atoms with Crippen molar-refractivity contribution >= 4 is 5.71 Å². The van der Waals surface area contributed by atoms with Crippen molar-refractivity contribution < 1.29 is 5.21 Å². The molecule has 4 aliphatic carbocycles. The fraction of sp³-hybridized carbons (Fsp3) is 0.842. The van der Waals surface area contributed by atoms with E-state index in [1.54, 1.807) is 0 Å². The molecule has 116 valence electrons. The molecule has 3 saturated carbocycles. The van der Waals surface area contributed by atoms with Crippen molar-refractivity contribution in [1.82, 2.24) is 0 Å². The van der Waals surface area contributed by atoms with Gasteiger partial charge in [0.2, 0.25) is 0 Å². The zero-order chi connectivity index (χ0) is 14.7. The summed E-state index contributed by atoms with van der Waals surface area (Å²) in [6.07, 6.45) is 15.2. The third-order valence-electron chi connectivity index (χ3n) is 8.07. The second-order valence-electron chi connectivity index (χ2n) is 8.61. The molecule has 0 radical (unpaired) electrons. The Hall–Kier alpha value is -0.790. The predicted molar refractivity (Wildman–Crippen MR) is 85.5 cm³/mol. The Kier molecular flexibility index (Phi) is 3.03. The number of nitrogens with zero attached hydrogens (tertiary/aromatic N) is 1. The number of rotatable bonds is 0. The van der Waals surface area contributed by atoms with Gasteiger partial charge in [0.05, 0.1) is 5.71 Å². The van der Waals surface area contributed by atoms with Crippen LogP contribution in [0.4, 0.5) is 0 Å².